The Morgan fingerprint density at radius 3 is 2.65 bits per heavy atom. The second-order valence-corrected chi connectivity index (χ2v) is 10.6. The van der Waals surface area contributed by atoms with Crippen LogP contribution in [0.2, 0.25) is 0 Å². The Bertz CT molecular complexity index is 1790. The number of fused-ring (bicyclic) bond motifs is 2. The first-order valence-electron chi connectivity index (χ1n) is 13.2. The van der Waals surface area contributed by atoms with E-state index in [9.17, 15) is 9.59 Å². The van der Waals surface area contributed by atoms with Crippen molar-refractivity contribution in [3.05, 3.63) is 70.2 Å². The molecule has 1 aromatic carbocycles. The number of carbonyl (C=O) groups excluding carboxylic acids is 1. The highest BCUT2D eigenvalue weighted by atomic mass is 16.5. The quantitative estimate of drug-likeness (QED) is 0.289. The van der Waals surface area contributed by atoms with Crippen LogP contribution in [0.5, 0.6) is 11.5 Å². The van der Waals surface area contributed by atoms with E-state index in [1.54, 1.807) is 38.8 Å². The van der Waals surface area contributed by atoms with Crippen molar-refractivity contribution in [3.8, 4) is 22.6 Å². The summed E-state index contributed by atoms with van der Waals surface area (Å²) >= 11 is 0. The Morgan fingerprint density at radius 2 is 1.95 bits per heavy atom. The van der Waals surface area contributed by atoms with Gasteiger partial charge in [0.15, 0.2) is 5.75 Å². The zero-order valence-electron chi connectivity index (χ0n) is 23.9. The van der Waals surface area contributed by atoms with E-state index in [1.165, 1.54) is 4.57 Å². The molecule has 0 aliphatic rings. The highest BCUT2D eigenvalue weighted by Crippen LogP contribution is 2.41. The molecule has 0 fully saturated rings. The van der Waals surface area contributed by atoms with E-state index in [-0.39, 0.29) is 11.5 Å². The van der Waals surface area contributed by atoms with Crippen molar-refractivity contribution in [2.24, 2.45) is 7.05 Å². The van der Waals surface area contributed by atoms with Crippen molar-refractivity contribution in [1.29, 1.82) is 0 Å². The van der Waals surface area contributed by atoms with Crippen LogP contribution in [-0.2, 0) is 18.3 Å². The molecule has 1 amide bonds. The van der Waals surface area contributed by atoms with Gasteiger partial charge in [0.1, 0.15) is 17.0 Å². The van der Waals surface area contributed by atoms with Crippen LogP contribution in [-0.4, -0.2) is 49.5 Å². The van der Waals surface area contributed by atoms with Crippen molar-refractivity contribution >= 4 is 27.7 Å². The molecular formula is C30H34N6O4. The first-order chi connectivity index (χ1) is 19.0. The molecule has 0 saturated carbocycles. The summed E-state index contributed by atoms with van der Waals surface area (Å²) < 4.78 is 15.7. The lowest BCUT2D eigenvalue weighted by Gasteiger charge is -2.23. The van der Waals surface area contributed by atoms with Gasteiger partial charge in [-0.25, -0.2) is 0 Å². The Labute approximate surface area is 231 Å². The second-order valence-electron chi connectivity index (χ2n) is 10.6. The van der Waals surface area contributed by atoms with Crippen molar-refractivity contribution in [2.75, 3.05) is 13.7 Å². The van der Waals surface area contributed by atoms with Crippen LogP contribution < -0.4 is 15.6 Å². The van der Waals surface area contributed by atoms with E-state index >= 15 is 0 Å². The maximum absolute atomic E-state index is 13.1. The minimum absolute atomic E-state index is 0.233. The highest BCUT2D eigenvalue weighted by Gasteiger charge is 2.23. The zero-order chi connectivity index (χ0) is 28.8. The summed E-state index contributed by atoms with van der Waals surface area (Å²) in [5.41, 5.74) is 4.05. The number of methoxy groups -OCH3 is 1. The van der Waals surface area contributed by atoms with Gasteiger partial charge in [0.2, 0.25) is 0 Å². The van der Waals surface area contributed by atoms with E-state index in [0.29, 0.717) is 41.2 Å². The predicted molar refractivity (Wildman–Crippen MR) is 155 cm³/mol. The average molecular weight is 543 g/mol. The molecule has 10 nitrogen and oxygen atoms in total. The van der Waals surface area contributed by atoms with Gasteiger partial charge >= 0.3 is 0 Å². The van der Waals surface area contributed by atoms with Crippen LogP contribution in [0.1, 0.15) is 42.5 Å². The monoisotopic (exact) mass is 542 g/mol. The fourth-order valence-corrected chi connectivity index (χ4v) is 4.82. The molecule has 0 aliphatic heterocycles. The number of pyridine rings is 2. The standard InChI is InChI=1S/C30H34N6O4/c1-8-31-28(37)23-12-21-22(15-35(6)29(38)26(21)34-23)20-13-24-19(14-33-36(24)16-30(4,5)39-7)11-25(20)40-27-17(2)9-10-32-18(27)3/h9-15,34H,8,16H2,1-7H3,(H,31,37). The molecule has 4 heterocycles. The smallest absolute Gasteiger partial charge is 0.274 e. The first kappa shape index (κ1) is 27.1. The summed E-state index contributed by atoms with van der Waals surface area (Å²) in [6.45, 7) is 10.7. The van der Waals surface area contributed by atoms with Crippen LogP contribution in [0.15, 0.2) is 47.7 Å². The summed E-state index contributed by atoms with van der Waals surface area (Å²) in [7, 11) is 3.37. The molecule has 5 aromatic rings. The number of benzene rings is 1. The van der Waals surface area contributed by atoms with Crippen LogP contribution in [0.3, 0.4) is 0 Å². The maximum atomic E-state index is 13.1. The minimum Gasteiger partial charge on any atom is -0.455 e. The fourth-order valence-electron chi connectivity index (χ4n) is 4.82. The van der Waals surface area contributed by atoms with Gasteiger partial charge in [0.05, 0.1) is 29.6 Å². The predicted octanol–water partition coefficient (Wildman–Crippen LogP) is 4.86. The van der Waals surface area contributed by atoms with Gasteiger partial charge in [-0.1, -0.05) is 0 Å². The first-order valence-corrected chi connectivity index (χ1v) is 13.2. The number of amides is 1. The molecule has 0 atom stereocenters. The molecule has 4 aromatic heterocycles. The van der Waals surface area contributed by atoms with Crippen molar-refractivity contribution in [3.63, 3.8) is 0 Å². The zero-order valence-corrected chi connectivity index (χ0v) is 23.9. The van der Waals surface area contributed by atoms with Gasteiger partial charge < -0.3 is 24.3 Å². The molecule has 5 rings (SSSR count). The number of rotatable bonds is 8. The number of hydrogen-bond donors (Lipinski definition) is 2. The van der Waals surface area contributed by atoms with Crippen LogP contribution >= 0.6 is 0 Å². The number of H-pyrrole nitrogens is 1. The SMILES string of the molecule is CCNC(=O)c1cc2c(-c3cc4c(cnn4CC(C)(C)OC)cc3Oc3c(C)ccnc3C)cn(C)c(=O)c2[nH]1. The van der Waals surface area contributed by atoms with Gasteiger partial charge in [0, 0.05) is 55.0 Å². The van der Waals surface area contributed by atoms with Crippen molar-refractivity contribution in [1.82, 2.24) is 29.6 Å². The number of nitrogens with zero attached hydrogens (tertiary/aromatic N) is 4. The number of aromatic amines is 1. The number of hydrogen-bond acceptors (Lipinski definition) is 6. The Hall–Kier alpha value is -4.44. The molecule has 0 unspecified atom stereocenters. The molecule has 10 heteroatoms. The average Bonchev–Trinajstić information content (AvgIpc) is 3.53. The maximum Gasteiger partial charge on any atom is 0.274 e. The topological polar surface area (TPSA) is 116 Å². The van der Waals surface area contributed by atoms with Crippen molar-refractivity contribution in [2.45, 2.75) is 46.8 Å². The van der Waals surface area contributed by atoms with Crippen molar-refractivity contribution < 1.29 is 14.3 Å². The minimum atomic E-state index is -0.440. The molecule has 0 aliphatic carbocycles. The Balaban J connectivity index is 1.79. The van der Waals surface area contributed by atoms with E-state index in [1.807, 2.05) is 57.5 Å². The van der Waals surface area contributed by atoms with Crippen LogP contribution in [0, 0.1) is 13.8 Å². The lowest BCUT2D eigenvalue weighted by atomic mass is 10.0. The lowest BCUT2D eigenvalue weighted by molar-refractivity contribution is 0.00643. The fraction of sp³-hybridized carbons (Fsp3) is 0.333. The van der Waals surface area contributed by atoms with Gasteiger partial charge in [-0.3, -0.25) is 19.3 Å². The van der Waals surface area contributed by atoms with Crippen LogP contribution in [0.25, 0.3) is 32.9 Å². The van der Waals surface area contributed by atoms with Gasteiger partial charge in [-0.2, -0.15) is 5.10 Å². The molecule has 208 valence electrons. The molecule has 0 bridgehead atoms. The molecule has 0 spiro atoms. The van der Waals surface area contributed by atoms with E-state index < -0.39 is 5.60 Å². The summed E-state index contributed by atoms with van der Waals surface area (Å²) in [5, 5.41) is 8.95. The normalized spacial score (nSPS) is 11.9. The summed E-state index contributed by atoms with van der Waals surface area (Å²) in [6.07, 6.45) is 5.33. The number of ether oxygens (including phenoxy) is 2. The molecule has 0 radical (unpaired) electrons. The lowest BCUT2D eigenvalue weighted by Crippen LogP contribution is -2.29. The third-order valence-electron chi connectivity index (χ3n) is 7.15. The van der Waals surface area contributed by atoms with E-state index in [4.69, 9.17) is 9.47 Å². The summed E-state index contributed by atoms with van der Waals surface area (Å²) in [5.74, 6) is 0.965. The highest BCUT2D eigenvalue weighted by molar-refractivity contribution is 6.04. The number of carbonyl (C=O) groups is 1. The van der Waals surface area contributed by atoms with E-state index in [2.05, 4.69) is 20.4 Å². The summed E-state index contributed by atoms with van der Waals surface area (Å²) in [4.78, 5) is 33.3. The van der Waals surface area contributed by atoms with Gasteiger partial charge in [-0.15, -0.1) is 0 Å². The summed E-state index contributed by atoms with van der Waals surface area (Å²) in [6, 6.07) is 7.59. The molecule has 0 saturated heterocycles. The second kappa shape index (κ2) is 10.3. The Kier molecular flexibility index (Phi) is 6.97. The number of aromatic nitrogens is 5. The molecule has 2 N–H and O–H groups in total. The number of nitrogens with one attached hydrogen (secondary N) is 2. The Morgan fingerprint density at radius 1 is 1.18 bits per heavy atom. The largest absolute Gasteiger partial charge is 0.455 e. The van der Waals surface area contributed by atoms with Gasteiger partial charge in [0.25, 0.3) is 11.5 Å². The number of aryl methyl sites for hydroxylation is 3. The van der Waals surface area contributed by atoms with E-state index in [0.717, 1.165) is 33.3 Å². The van der Waals surface area contributed by atoms with Gasteiger partial charge in [-0.05, 0) is 64.4 Å². The molecule has 40 heavy (non-hydrogen) atoms. The third kappa shape index (κ3) is 4.86. The third-order valence-corrected chi connectivity index (χ3v) is 7.15. The van der Waals surface area contributed by atoms with Crippen LogP contribution in [0.4, 0.5) is 0 Å². The molecular weight excluding hydrogens is 508 g/mol.